The van der Waals surface area contributed by atoms with Gasteiger partial charge in [-0.15, -0.1) is 0 Å². The van der Waals surface area contributed by atoms with Crippen LogP contribution in [0, 0.1) is 18.3 Å². The third kappa shape index (κ3) is 3.04. The summed E-state index contributed by atoms with van der Waals surface area (Å²) >= 11 is 0. The fourth-order valence-electron chi connectivity index (χ4n) is 3.42. The number of aromatic nitrogens is 3. The lowest BCUT2D eigenvalue weighted by Gasteiger charge is -2.28. The molecule has 0 atom stereocenters. The Morgan fingerprint density at radius 3 is 2.88 bits per heavy atom. The van der Waals surface area contributed by atoms with Crippen molar-refractivity contribution in [2.24, 2.45) is 0 Å². The highest BCUT2D eigenvalue weighted by Crippen LogP contribution is 2.20. The number of hydrogen-bond donors (Lipinski definition) is 0. The highest BCUT2D eigenvalue weighted by atomic mass is 16.2. The lowest BCUT2D eigenvalue weighted by molar-refractivity contribution is -0.132. The van der Waals surface area contributed by atoms with Crippen molar-refractivity contribution in [3.8, 4) is 6.07 Å². The van der Waals surface area contributed by atoms with Crippen LogP contribution in [0.5, 0.6) is 0 Å². The molecule has 130 valence electrons. The van der Waals surface area contributed by atoms with Gasteiger partial charge in [0.25, 0.3) is 0 Å². The van der Waals surface area contributed by atoms with Crippen LogP contribution in [0.4, 0.5) is 0 Å². The van der Waals surface area contributed by atoms with Crippen LogP contribution in [-0.4, -0.2) is 31.9 Å². The summed E-state index contributed by atoms with van der Waals surface area (Å²) in [5.41, 5.74) is 5.75. The van der Waals surface area contributed by atoms with Crippen LogP contribution in [0.3, 0.4) is 0 Å². The van der Waals surface area contributed by atoms with E-state index in [2.05, 4.69) is 16.2 Å². The Morgan fingerprint density at radius 2 is 2.12 bits per heavy atom. The van der Waals surface area contributed by atoms with E-state index in [1.54, 1.807) is 12.1 Å². The zero-order chi connectivity index (χ0) is 18.1. The maximum atomic E-state index is 12.6. The molecule has 0 unspecified atom stereocenters. The summed E-state index contributed by atoms with van der Waals surface area (Å²) in [5.74, 6) is 0.150. The maximum absolute atomic E-state index is 12.6. The number of amides is 1. The van der Waals surface area contributed by atoms with E-state index >= 15 is 0 Å². The second-order valence-corrected chi connectivity index (χ2v) is 6.66. The first-order valence-corrected chi connectivity index (χ1v) is 8.74. The molecular weight excluding hydrogens is 326 g/mol. The number of carbonyl (C=O) groups is 1. The molecule has 0 radical (unpaired) electrons. The normalized spacial score (nSPS) is 13.5. The second-order valence-electron chi connectivity index (χ2n) is 6.66. The topological polar surface area (TPSA) is 74.3 Å². The molecule has 1 aliphatic rings. The molecule has 2 aromatic heterocycles. The summed E-state index contributed by atoms with van der Waals surface area (Å²) in [4.78, 5) is 19.0. The molecular formula is C20H19N5O. The second kappa shape index (κ2) is 6.60. The quantitative estimate of drug-likeness (QED) is 0.731. The van der Waals surface area contributed by atoms with Crippen LogP contribution in [-0.2, 0) is 24.2 Å². The SMILES string of the molecule is Cc1cc2ncc3c(n2n1)CCN(C(=O)CCc1ccc(C#N)cc1)C3. The molecule has 1 aliphatic heterocycles. The third-order valence-corrected chi connectivity index (χ3v) is 4.83. The van der Waals surface area contributed by atoms with Crippen molar-refractivity contribution in [1.82, 2.24) is 19.5 Å². The fraction of sp³-hybridized carbons (Fsp3) is 0.300. The Morgan fingerprint density at radius 1 is 1.31 bits per heavy atom. The Bertz CT molecular complexity index is 1010. The summed E-state index contributed by atoms with van der Waals surface area (Å²) in [7, 11) is 0. The van der Waals surface area contributed by atoms with Crippen molar-refractivity contribution in [2.45, 2.75) is 32.7 Å². The summed E-state index contributed by atoms with van der Waals surface area (Å²) in [6.45, 7) is 3.25. The third-order valence-electron chi connectivity index (χ3n) is 4.83. The molecule has 26 heavy (non-hydrogen) atoms. The number of nitriles is 1. The van der Waals surface area contributed by atoms with Gasteiger partial charge in [-0.25, -0.2) is 9.50 Å². The molecule has 0 fully saturated rings. The summed E-state index contributed by atoms with van der Waals surface area (Å²) < 4.78 is 1.91. The molecule has 0 saturated heterocycles. The van der Waals surface area contributed by atoms with Crippen LogP contribution in [0.2, 0.25) is 0 Å². The van der Waals surface area contributed by atoms with Gasteiger partial charge < -0.3 is 4.90 Å². The van der Waals surface area contributed by atoms with Gasteiger partial charge in [-0.05, 0) is 31.0 Å². The molecule has 6 heteroatoms. The van der Waals surface area contributed by atoms with Crippen molar-refractivity contribution in [3.05, 3.63) is 64.6 Å². The predicted molar refractivity (Wildman–Crippen MR) is 96.3 cm³/mol. The molecule has 3 heterocycles. The van der Waals surface area contributed by atoms with E-state index in [4.69, 9.17) is 5.26 Å². The standard InChI is InChI=1S/C20H19N5O/c1-14-10-19-22-12-17-13-24(9-8-18(17)25(19)23-14)20(26)7-6-15-2-4-16(11-21)5-3-15/h2-5,10,12H,6-9,13H2,1H3. The smallest absolute Gasteiger partial charge is 0.223 e. The van der Waals surface area contributed by atoms with Crippen molar-refractivity contribution in [3.63, 3.8) is 0 Å². The lowest BCUT2D eigenvalue weighted by atomic mass is 10.0. The molecule has 4 rings (SSSR count). The van der Waals surface area contributed by atoms with Crippen molar-refractivity contribution in [1.29, 1.82) is 5.26 Å². The molecule has 1 aromatic carbocycles. The Kier molecular flexibility index (Phi) is 4.13. The lowest BCUT2D eigenvalue weighted by Crippen LogP contribution is -2.37. The van der Waals surface area contributed by atoms with Crippen LogP contribution in [0.1, 0.15) is 34.5 Å². The van der Waals surface area contributed by atoms with Crippen molar-refractivity contribution in [2.75, 3.05) is 6.54 Å². The van der Waals surface area contributed by atoms with Crippen LogP contribution >= 0.6 is 0 Å². The number of hydrogen-bond acceptors (Lipinski definition) is 4. The minimum atomic E-state index is 0.150. The van der Waals surface area contributed by atoms with E-state index in [0.717, 1.165) is 34.6 Å². The average molecular weight is 345 g/mol. The predicted octanol–water partition coefficient (Wildman–Crippen LogP) is 2.43. The van der Waals surface area contributed by atoms with Gasteiger partial charge in [-0.3, -0.25) is 4.79 Å². The summed E-state index contributed by atoms with van der Waals surface area (Å²) in [5, 5.41) is 13.4. The van der Waals surface area contributed by atoms with Gasteiger partial charge in [0, 0.05) is 43.8 Å². The van der Waals surface area contributed by atoms with Gasteiger partial charge in [-0.1, -0.05) is 12.1 Å². The largest absolute Gasteiger partial charge is 0.338 e. The van der Waals surface area contributed by atoms with Gasteiger partial charge >= 0.3 is 0 Å². The highest BCUT2D eigenvalue weighted by Gasteiger charge is 2.23. The van der Waals surface area contributed by atoms with Crippen LogP contribution < -0.4 is 0 Å². The van der Waals surface area contributed by atoms with Gasteiger partial charge in [0.1, 0.15) is 0 Å². The number of benzene rings is 1. The van der Waals surface area contributed by atoms with Crippen LogP contribution in [0.25, 0.3) is 5.65 Å². The molecule has 6 nitrogen and oxygen atoms in total. The number of fused-ring (bicyclic) bond motifs is 3. The van der Waals surface area contributed by atoms with E-state index < -0.39 is 0 Å². The molecule has 0 bridgehead atoms. The maximum Gasteiger partial charge on any atom is 0.223 e. The first-order valence-electron chi connectivity index (χ1n) is 8.74. The Balaban J connectivity index is 1.43. The Labute approximate surface area is 151 Å². The molecule has 1 amide bonds. The number of aryl methyl sites for hydroxylation is 2. The molecule has 0 spiro atoms. The summed E-state index contributed by atoms with van der Waals surface area (Å²) in [6, 6.07) is 11.5. The van der Waals surface area contributed by atoms with E-state index in [0.29, 0.717) is 31.5 Å². The van der Waals surface area contributed by atoms with Crippen molar-refractivity contribution < 1.29 is 4.79 Å². The van der Waals surface area contributed by atoms with E-state index in [1.165, 1.54) is 0 Å². The van der Waals surface area contributed by atoms with E-state index in [9.17, 15) is 4.79 Å². The fourth-order valence-corrected chi connectivity index (χ4v) is 3.42. The number of rotatable bonds is 3. The number of carbonyl (C=O) groups excluding carboxylic acids is 1. The molecule has 0 saturated carbocycles. The van der Waals surface area contributed by atoms with Gasteiger partial charge in [0.05, 0.1) is 23.0 Å². The number of nitrogens with zero attached hydrogens (tertiary/aromatic N) is 5. The summed E-state index contributed by atoms with van der Waals surface area (Å²) in [6.07, 6.45) is 3.81. The minimum absolute atomic E-state index is 0.150. The van der Waals surface area contributed by atoms with Gasteiger partial charge in [0.15, 0.2) is 5.65 Å². The van der Waals surface area contributed by atoms with Crippen LogP contribution in [0.15, 0.2) is 36.5 Å². The first kappa shape index (κ1) is 16.3. The minimum Gasteiger partial charge on any atom is -0.338 e. The highest BCUT2D eigenvalue weighted by molar-refractivity contribution is 5.76. The van der Waals surface area contributed by atoms with Crippen molar-refractivity contribution >= 4 is 11.6 Å². The first-order chi connectivity index (χ1) is 12.6. The molecule has 0 aliphatic carbocycles. The monoisotopic (exact) mass is 345 g/mol. The van der Waals surface area contributed by atoms with E-state index in [1.807, 2.05) is 40.7 Å². The Hall–Kier alpha value is -3.20. The zero-order valence-corrected chi connectivity index (χ0v) is 14.6. The van der Waals surface area contributed by atoms with E-state index in [-0.39, 0.29) is 5.91 Å². The molecule has 3 aromatic rings. The average Bonchev–Trinajstić information content (AvgIpc) is 3.06. The van der Waals surface area contributed by atoms with Gasteiger partial charge in [0.2, 0.25) is 5.91 Å². The molecule has 0 N–H and O–H groups in total. The zero-order valence-electron chi connectivity index (χ0n) is 14.6. The van der Waals surface area contributed by atoms with Gasteiger partial charge in [-0.2, -0.15) is 10.4 Å².